The molecule has 0 bridgehead atoms. The van der Waals surface area contributed by atoms with E-state index in [0.717, 1.165) is 18.2 Å². The summed E-state index contributed by atoms with van der Waals surface area (Å²) in [6.07, 6.45) is 0.449. The summed E-state index contributed by atoms with van der Waals surface area (Å²) in [7, 11) is 0. The minimum Gasteiger partial charge on any atom is -0.462 e. The standard InChI is InChI=1S/C17H11N3O9/c1-2-3-29-17(22)12-6-8(18(23)24)4-10-14(12)15-11(16(10)21)5-9(19(25)26)7-13(15)20(27)28/h4-7H,2-3H2,1H3. The van der Waals surface area contributed by atoms with Crippen LogP contribution in [0, 0.1) is 30.3 Å². The van der Waals surface area contributed by atoms with Gasteiger partial charge in [-0.3, -0.25) is 35.1 Å². The molecule has 0 aliphatic heterocycles. The van der Waals surface area contributed by atoms with Crippen LogP contribution in [0.25, 0.3) is 11.1 Å². The number of ether oxygens (including phenoxy) is 1. The molecule has 3 rings (SSSR count). The van der Waals surface area contributed by atoms with E-state index >= 15 is 0 Å². The Morgan fingerprint density at radius 2 is 1.45 bits per heavy atom. The van der Waals surface area contributed by atoms with Gasteiger partial charge in [-0.2, -0.15) is 0 Å². The summed E-state index contributed by atoms with van der Waals surface area (Å²) in [4.78, 5) is 56.5. The Labute approximate surface area is 161 Å². The summed E-state index contributed by atoms with van der Waals surface area (Å²) in [6.45, 7) is 1.70. The molecular formula is C17H11N3O9. The van der Waals surface area contributed by atoms with Crippen molar-refractivity contribution in [3.05, 3.63) is 71.3 Å². The van der Waals surface area contributed by atoms with E-state index in [-0.39, 0.29) is 28.9 Å². The lowest BCUT2D eigenvalue weighted by Crippen LogP contribution is -2.09. The van der Waals surface area contributed by atoms with E-state index in [1.54, 1.807) is 6.92 Å². The summed E-state index contributed by atoms with van der Waals surface area (Å²) in [6, 6.07) is 3.26. The Balaban J connectivity index is 2.39. The molecule has 0 heterocycles. The predicted octanol–water partition coefficient (Wildman–Crippen LogP) is 3.19. The normalized spacial score (nSPS) is 11.6. The second kappa shape index (κ2) is 7.07. The van der Waals surface area contributed by atoms with Crippen molar-refractivity contribution in [2.75, 3.05) is 6.61 Å². The maximum Gasteiger partial charge on any atom is 0.339 e. The SMILES string of the molecule is CCCOC(=O)c1cc([N+](=O)[O-])cc2c1-c1c(cc([N+](=O)[O-])cc1[N+](=O)[O-])C2=O. The van der Waals surface area contributed by atoms with Crippen LogP contribution in [-0.4, -0.2) is 33.1 Å². The number of hydrogen-bond acceptors (Lipinski definition) is 9. The number of rotatable bonds is 6. The fourth-order valence-electron chi connectivity index (χ4n) is 3.06. The third kappa shape index (κ3) is 3.16. The number of ketones is 1. The highest BCUT2D eigenvalue weighted by atomic mass is 16.6. The molecule has 12 nitrogen and oxygen atoms in total. The second-order valence-corrected chi connectivity index (χ2v) is 6.04. The van der Waals surface area contributed by atoms with Gasteiger partial charge < -0.3 is 4.74 Å². The minimum absolute atomic E-state index is 0.0144. The van der Waals surface area contributed by atoms with E-state index in [9.17, 15) is 39.9 Å². The summed E-state index contributed by atoms with van der Waals surface area (Å²) in [5.74, 6) is -1.89. The first-order valence-electron chi connectivity index (χ1n) is 8.18. The van der Waals surface area contributed by atoms with Crippen molar-refractivity contribution in [2.24, 2.45) is 0 Å². The summed E-state index contributed by atoms with van der Waals surface area (Å²) in [5, 5.41) is 33.9. The van der Waals surface area contributed by atoms with Gasteiger partial charge in [0.2, 0.25) is 0 Å². The lowest BCUT2D eigenvalue weighted by molar-refractivity contribution is -0.393. The highest BCUT2D eigenvalue weighted by molar-refractivity contribution is 6.26. The van der Waals surface area contributed by atoms with Crippen LogP contribution in [0.3, 0.4) is 0 Å². The molecule has 29 heavy (non-hydrogen) atoms. The van der Waals surface area contributed by atoms with Gasteiger partial charge in [-0.25, -0.2) is 4.79 Å². The number of hydrogen-bond donors (Lipinski definition) is 0. The van der Waals surface area contributed by atoms with Crippen molar-refractivity contribution in [1.29, 1.82) is 0 Å². The molecule has 0 N–H and O–H groups in total. The number of carbonyl (C=O) groups excluding carboxylic acids is 2. The van der Waals surface area contributed by atoms with Gasteiger partial charge >= 0.3 is 5.97 Å². The molecule has 1 aliphatic rings. The summed E-state index contributed by atoms with van der Waals surface area (Å²) >= 11 is 0. The smallest absolute Gasteiger partial charge is 0.339 e. The van der Waals surface area contributed by atoms with Gasteiger partial charge in [0.15, 0.2) is 5.78 Å². The molecule has 148 valence electrons. The Morgan fingerprint density at radius 3 is 1.97 bits per heavy atom. The van der Waals surface area contributed by atoms with Crippen molar-refractivity contribution in [1.82, 2.24) is 0 Å². The van der Waals surface area contributed by atoms with Crippen molar-refractivity contribution < 1.29 is 29.1 Å². The maximum absolute atomic E-state index is 12.8. The molecule has 0 fully saturated rings. The topological polar surface area (TPSA) is 173 Å². The molecule has 0 amide bonds. The van der Waals surface area contributed by atoms with E-state index in [2.05, 4.69) is 0 Å². The quantitative estimate of drug-likeness (QED) is 0.341. The van der Waals surface area contributed by atoms with Crippen LogP contribution >= 0.6 is 0 Å². The zero-order chi connectivity index (χ0) is 21.5. The number of benzene rings is 2. The van der Waals surface area contributed by atoms with E-state index in [1.165, 1.54) is 0 Å². The molecule has 0 aromatic heterocycles. The zero-order valence-corrected chi connectivity index (χ0v) is 14.7. The first-order chi connectivity index (χ1) is 13.7. The molecule has 0 radical (unpaired) electrons. The fourth-order valence-corrected chi connectivity index (χ4v) is 3.06. The zero-order valence-electron chi connectivity index (χ0n) is 14.7. The van der Waals surface area contributed by atoms with Crippen molar-refractivity contribution >= 4 is 28.8 Å². The molecule has 0 saturated carbocycles. The second-order valence-electron chi connectivity index (χ2n) is 6.04. The van der Waals surface area contributed by atoms with Crippen LogP contribution in [0.2, 0.25) is 0 Å². The van der Waals surface area contributed by atoms with Crippen LogP contribution < -0.4 is 0 Å². The summed E-state index contributed by atoms with van der Waals surface area (Å²) in [5.41, 5.74) is -3.68. The number of carbonyl (C=O) groups is 2. The molecule has 1 aliphatic carbocycles. The minimum atomic E-state index is -1.000. The van der Waals surface area contributed by atoms with Crippen LogP contribution in [0.15, 0.2) is 24.3 Å². The van der Waals surface area contributed by atoms with Crippen molar-refractivity contribution in [3.8, 4) is 11.1 Å². The average molecular weight is 401 g/mol. The molecule has 0 atom stereocenters. The molecule has 0 unspecified atom stereocenters. The van der Waals surface area contributed by atoms with Crippen molar-refractivity contribution in [2.45, 2.75) is 13.3 Å². The molecule has 2 aromatic rings. The van der Waals surface area contributed by atoms with Gasteiger partial charge in [0.05, 0.1) is 38.6 Å². The molecule has 12 heteroatoms. The fraction of sp³-hybridized carbons (Fsp3) is 0.176. The van der Waals surface area contributed by atoms with Crippen LogP contribution in [0.1, 0.15) is 39.6 Å². The Hall–Kier alpha value is -4.22. The Bertz CT molecular complexity index is 1120. The first-order valence-corrected chi connectivity index (χ1v) is 8.18. The average Bonchev–Trinajstić information content (AvgIpc) is 2.96. The number of nitro benzene ring substituents is 3. The number of nitro groups is 3. The van der Waals surface area contributed by atoms with Crippen LogP contribution in [-0.2, 0) is 4.74 Å². The predicted molar refractivity (Wildman–Crippen MR) is 95.8 cm³/mol. The lowest BCUT2D eigenvalue weighted by atomic mass is 9.97. The lowest BCUT2D eigenvalue weighted by Gasteiger charge is -2.09. The van der Waals surface area contributed by atoms with Gasteiger partial charge in [0.1, 0.15) is 0 Å². The van der Waals surface area contributed by atoms with Gasteiger partial charge in [-0.15, -0.1) is 0 Å². The van der Waals surface area contributed by atoms with E-state index in [4.69, 9.17) is 4.74 Å². The molecular weight excluding hydrogens is 390 g/mol. The van der Waals surface area contributed by atoms with E-state index in [0.29, 0.717) is 12.5 Å². The maximum atomic E-state index is 12.8. The van der Waals surface area contributed by atoms with Crippen LogP contribution in [0.5, 0.6) is 0 Å². The highest BCUT2D eigenvalue weighted by Gasteiger charge is 2.40. The number of non-ortho nitro benzene ring substituents is 2. The van der Waals surface area contributed by atoms with Gasteiger partial charge in [0.25, 0.3) is 17.1 Å². The van der Waals surface area contributed by atoms with Crippen molar-refractivity contribution in [3.63, 3.8) is 0 Å². The highest BCUT2D eigenvalue weighted by Crippen LogP contribution is 2.47. The Morgan fingerprint density at radius 1 is 0.897 bits per heavy atom. The molecule has 0 spiro atoms. The third-order valence-corrected chi connectivity index (χ3v) is 4.24. The largest absolute Gasteiger partial charge is 0.462 e. The van der Waals surface area contributed by atoms with Gasteiger partial charge in [-0.05, 0) is 6.42 Å². The molecule has 0 saturated heterocycles. The summed E-state index contributed by atoms with van der Waals surface area (Å²) < 4.78 is 5.00. The van der Waals surface area contributed by atoms with E-state index in [1.807, 2.05) is 0 Å². The number of esters is 1. The monoisotopic (exact) mass is 401 g/mol. The first kappa shape index (κ1) is 19.5. The number of nitrogens with zero attached hydrogens (tertiary/aromatic N) is 3. The van der Waals surface area contributed by atoms with Gasteiger partial charge in [0, 0.05) is 34.9 Å². The third-order valence-electron chi connectivity index (χ3n) is 4.24. The molecule has 2 aromatic carbocycles. The number of fused-ring (bicyclic) bond motifs is 3. The van der Waals surface area contributed by atoms with Gasteiger partial charge in [-0.1, -0.05) is 6.92 Å². The Kier molecular flexibility index (Phi) is 4.76. The van der Waals surface area contributed by atoms with E-state index < -0.39 is 49.1 Å². The van der Waals surface area contributed by atoms with Crippen LogP contribution in [0.4, 0.5) is 17.1 Å².